The summed E-state index contributed by atoms with van der Waals surface area (Å²) in [5.74, 6) is 1.36. The van der Waals surface area contributed by atoms with Gasteiger partial charge in [-0.25, -0.2) is 0 Å². The molecule has 0 saturated carbocycles. The zero-order valence-corrected chi connectivity index (χ0v) is 13.3. The molecule has 2 unspecified atom stereocenters. The highest BCUT2D eigenvalue weighted by Gasteiger charge is 2.09. The first kappa shape index (κ1) is 16.3. The first-order valence-corrected chi connectivity index (χ1v) is 7.61. The Morgan fingerprint density at radius 3 is 2.58 bits per heavy atom. The summed E-state index contributed by atoms with van der Waals surface area (Å²) in [6, 6.07) is 6.37. The predicted molar refractivity (Wildman–Crippen MR) is 83.1 cm³/mol. The number of benzene rings is 1. The summed E-state index contributed by atoms with van der Waals surface area (Å²) < 4.78 is 5.79. The second-order valence-corrected chi connectivity index (χ2v) is 5.58. The van der Waals surface area contributed by atoms with Crippen molar-refractivity contribution in [3.8, 4) is 5.75 Å². The Kier molecular flexibility index (Phi) is 7.25. The van der Waals surface area contributed by atoms with Crippen molar-refractivity contribution in [1.29, 1.82) is 0 Å². The molecular formula is C16H26ClNO. The smallest absolute Gasteiger partial charge is 0.137 e. The largest absolute Gasteiger partial charge is 0.492 e. The Morgan fingerprint density at radius 1 is 1.26 bits per heavy atom. The van der Waals surface area contributed by atoms with Gasteiger partial charge in [-0.3, -0.25) is 0 Å². The summed E-state index contributed by atoms with van der Waals surface area (Å²) in [4.78, 5) is 0. The van der Waals surface area contributed by atoms with E-state index in [1.807, 2.05) is 12.1 Å². The fourth-order valence-corrected chi connectivity index (χ4v) is 2.38. The van der Waals surface area contributed by atoms with Crippen LogP contribution in [0, 0.1) is 5.92 Å². The number of hydrogen-bond acceptors (Lipinski definition) is 2. The number of ether oxygens (including phenoxy) is 1. The van der Waals surface area contributed by atoms with Crippen LogP contribution in [0.4, 0.5) is 0 Å². The van der Waals surface area contributed by atoms with Gasteiger partial charge in [-0.1, -0.05) is 44.9 Å². The van der Waals surface area contributed by atoms with E-state index in [2.05, 4.69) is 39.1 Å². The predicted octanol–water partition coefficient (Wildman–Crippen LogP) is 4.83. The molecule has 0 radical (unpaired) electrons. The Bertz CT molecular complexity index is 381. The van der Waals surface area contributed by atoms with Gasteiger partial charge in [0.25, 0.3) is 0 Å². The van der Waals surface area contributed by atoms with Crippen LogP contribution in [0.15, 0.2) is 18.2 Å². The average molecular weight is 284 g/mol. The fourth-order valence-electron chi connectivity index (χ4n) is 2.14. The van der Waals surface area contributed by atoms with Gasteiger partial charge < -0.3 is 10.1 Å². The molecule has 1 aromatic rings. The van der Waals surface area contributed by atoms with Crippen molar-refractivity contribution in [3.05, 3.63) is 28.8 Å². The highest BCUT2D eigenvalue weighted by Crippen LogP contribution is 2.28. The van der Waals surface area contributed by atoms with E-state index in [1.54, 1.807) is 0 Å². The third-order valence-electron chi connectivity index (χ3n) is 3.27. The summed E-state index contributed by atoms with van der Waals surface area (Å²) in [7, 11) is 0. The lowest BCUT2D eigenvalue weighted by atomic mass is 10.1. The molecule has 0 aliphatic carbocycles. The maximum Gasteiger partial charge on any atom is 0.137 e. The van der Waals surface area contributed by atoms with Crippen LogP contribution in [0.2, 0.25) is 5.02 Å². The van der Waals surface area contributed by atoms with Crippen LogP contribution in [-0.4, -0.2) is 13.2 Å². The molecule has 108 valence electrons. The number of rotatable bonds is 8. The van der Waals surface area contributed by atoms with Crippen molar-refractivity contribution >= 4 is 11.6 Å². The van der Waals surface area contributed by atoms with Crippen LogP contribution in [0.5, 0.6) is 5.75 Å². The van der Waals surface area contributed by atoms with E-state index < -0.39 is 0 Å². The van der Waals surface area contributed by atoms with Gasteiger partial charge in [-0.2, -0.15) is 0 Å². The minimum absolute atomic E-state index is 0.315. The highest BCUT2D eigenvalue weighted by atomic mass is 35.5. The van der Waals surface area contributed by atoms with Crippen molar-refractivity contribution in [3.63, 3.8) is 0 Å². The molecule has 0 amide bonds. The van der Waals surface area contributed by atoms with E-state index in [9.17, 15) is 0 Å². The van der Waals surface area contributed by atoms with Crippen LogP contribution in [0.25, 0.3) is 0 Å². The molecule has 0 spiro atoms. The topological polar surface area (TPSA) is 21.3 Å². The standard InChI is InChI=1S/C16H26ClNO/c1-5-7-12(3)11-19-16-9-8-14(10-15(16)17)13(4)18-6-2/h8-10,12-13,18H,5-7,11H2,1-4H3. The van der Waals surface area contributed by atoms with Gasteiger partial charge in [0.05, 0.1) is 11.6 Å². The normalized spacial score (nSPS) is 14.2. The van der Waals surface area contributed by atoms with Crippen molar-refractivity contribution in [2.75, 3.05) is 13.2 Å². The summed E-state index contributed by atoms with van der Waals surface area (Å²) in [5.41, 5.74) is 1.20. The van der Waals surface area contributed by atoms with Gasteiger partial charge in [0.15, 0.2) is 0 Å². The van der Waals surface area contributed by atoms with Gasteiger partial charge >= 0.3 is 0 Å². The molecule has 1 rings (SSSR count). The molecule has 2 nitrogen and oxygen atoms in total. The fraction of sp³-hybridized carbons (Fsp3) is 0.625. The van der Waals surface area contributed by atoms with Crippen LogP contribution < -0.4 is 10.1 Å². The Labute approximate surface area is 122 Å². The summed E-state index contributed by atoms with van der Waals surface area (Å²) in [6.45, 7) is 10.3. The van der Waals surface area contributed by atoms with Crippen molar-refractivity contribution in [1.82, 2.24) is 5.32 Å². The molecule has 0 saturated heterocycles. The lowest BCUT2D eigenvalue weighted by molar-refractivity contribution is 0.251. The Hall–Kier alpha value is -0.730. The molecule has 0 heterocycles. The van der Waals surface area contributed by atoms with E-state index in [4.69, 9.17) is 16.3 Å². The van der Waals surface area contributed by atoms with Crippen LogP contribution >= 0.6 is 11.6 Å². The van der Waals surface area contributed by atoms with E-state index in [1.165, 1.54) is 18.4 Å². The lowest BCUT2D eigenvalue weighted by Crippen LogP contribution is -2.17. The zero-order valence-electron chi connectivity index (χ0n) is 12.5. The quantitative estimate of drug-likeness (QED) is 0.738. The SMILES string of the molecule is CCCC(C)COc1ccc(C(C)NCC)cc1Cl. The Balaban J connectivity index is 2.61. The van der Waals surface area contributed by atoms with Crippen LogP contribution in [0.3, 0.4) is 0 Å². The van der Waals surface area contributed by atoms with Gasteiger partial charge in [0.1, 0.15) is 5.75 Å². The lowest BCUT2D eigenvalue weighted by Gasteiger charge is -2.16. The molecule has 0 aromatic heterocycles. The number of nitrogens with one attached hydrogen (secondary N) is 1. The van der Waals surface area contributed by atoms with Crippen LogP contribution in [-0.2, 0) is 0 Å². The highest BCUT2D eigenvalue weighted by molar-refractivity contribution is 6.32. The molecule has 1 aromatic carbocycles. The second-order valence-electron chi connectivity index (χ2n) is 5.17. The summed E-state index contributed by atoms with van der Waals surface area (Å²) in [6.07, 6.45) is 2.38. The average Bonchev–Trinajstić information content (AvgIpc) is 2.38. The summed E-state index contributed by atoms with van der Waals surface area (Å²) >= 11 is 6.28. The van der Waals surface area contributed by atoms with Gasteiger partial charge in [-0.05, 0) is 43.5 Å². The maximum atomic E-state index is 6.28. The van der Waals surface area contributed by atoms with E-state index in [0.717, 1.165) is 18.9 Å². The molecule has 0 aliphatic rings. The summed E-state index contributed by atoms with van der Waals surface area (Å²) in [5, 5.41) is 4.08. The van der Waals surface area contributed by atoms with E-state index in [0.29, 0.717) is 17.0 Å². The third kappa shape index (κ3) is 5.42. The van der Waals surface area contributed by atoms with Crippen molar-refractivity contribution in [2.24, 2.45) is 5.92 Å². The first-order valence-electron chi connectivity index (χ1n) is 7.24. The molecule has 0 aliphatic heterocycles. The van der Waals surface area contributed by atoms with Gasteiger partial charge in [-0.15, -0.1) is 0 Å². The van der Waals surface area contributed by atoms with Crippen molar-refractivity contribution < 1.29 is 4.74 Å². The van der Waals surface area contributed by atoms with Gasteiger partial charge in [0.2, 0.25) is 0 Å². The maximum absolute atomic E-state index is 6.28. The number of halogens is 1. The molecule has 1 N–H and O–H groups in total. The molecule has 0 fully saturated rings. The first-order chi connectivity index (χ1) is 9.08. The monoisotopic (exact) mass is 283 g/mol. The Morgan fingerprint density at radius 2 is 2.00 bits per heavy atom. The molecule has 2 atom stereocenters. The zero-order chi connectivity index (χ0) is 14.3. The minimum Gasteiger partial charge on any atom is -0.492 e. The van der Waals surface area contributed by atoms with Gasteiger partial charge in [0, 0.05) is 6.04 Å². The molecule has 3 heteroatoms. The molecular weight excluding hydrogens is 258 g/mol. The molecule has 19 heavy (non-hydrogen) atoms. The minimum atomic E-state index is 0.315. The molecule has 0 bridgehead atoms. The van der Waals surface area contributed by atoms with E-state index in [-0.39, 0.29) is 0 Å². The number of hydrogen-bond donors (Lipinski definition) is 1. The van der Waals surface area contributed by atoms with E-state index >= 15 is 0 Å². The van der Waals surface area contributed by atoms with Crippen molar-refractivity contribution in [2.45, 2.75) is 46.6 Å². The van der Waals surface area contributed by atoms with Crippen LogP contribution in [0.1, 0.15) is 52.1 Å². The second kappa shape index (κ2) is 8.44. The third-order valence-corrected chi connectivity index (χ3v) is 3.57.